The third kappa shape index (κ3) is 4.93. The van der Waals surface area contributed by atoms with Gasteiger partial charge in [-0.3, -0.25) is 4.79 Å². The highest BCUT2D eigenvalue weighted by molar-refractivity contribution is 5.91. The molecule has 2 N–H and O–H groups in total. The van der Waals surface area contributed by atoms with Gasteiger partial charge in [0.25, 0.3) is 0 Å². The summed E-state index contributed by atoms with van der Waals surface area (Å²) in [5.74, 6) is 0.493. The first-order valence-corrected chi connectivity index (χ1v) is 8.70. The van der Waals surface area contributed by atoms with Gasteiger partial charge in [0.1, 0.15) is 5.82 Å². The van der Waals surface area contributed by atoms with Crippen LogP contribution in [0.5, 0.6) is 0 Å². The van der Waals surface area contributed by atoms with Crippen molar-refractivity contribution < 1.29 is 4.79 Å². The molecule has 3 rings (SSSR count). The number of hydrogen-bond donors (Lipinski definition) is 2. The zero-order valence-corrected chi connectivity index (χ0v) is 15.1. The van der Waals surface area contributed by atoms with Crippen LogP contribution in [0.1, 0.15) is 22.3 Å². The van der Waals surface area contributed by atoms with Crippen LogP contribution in [0, 0.1) is 13.8 Å². The van der Waals surface area contributed by atoms with Gasteiger partial charge in [0, 0.05) is 6.54 Å². The summed E-state index contributed by atoms with van der Waals surface area (Å²) in [7, 11) is 0. The van der Waals surface area contributed by atoms with Gasteiger partial charge in [0.15, 0.2) is 0 Å². The number of aromatic nitrogens is 1. The Hall–Kier alpha value is -3.14. The zero-order chi connectivity index (χ0) is 18.4. The van der Waals surface area contributed by atoms with Gasteiger partial charge in [-0.1, -0.05) is 54.1 Å². The highest BCUT2D eigenvalue weighted by Gasteiger charge is 2.05. The fourth-order valence-electron chi connectivity index (χ4n) is 2.77. The van der Waals surface area contributed by atoms with E-state index in [-0.39, 0.29) is 5.91 Å². The van der Waals surface area contributed by atoms with Crippen LogP contribution in [0.25, 0.3) is 0 Å². The number of nitrogens with one attached hydrogen (secondary N) is 2. The molecule has 0 radical (unpaired) electrons. The van der Waals surface area contributed by atoms with Gasteiger partial charge in [-0.05, 0) is 42.7 Å². The number of aryl methyl sites for hydroxylation is 2. The van der Waals surface area contributed by atoms with Crippen molar-refractivity contribution in [3.63, 3.8) is 0 Å². The van der Waals surface area contributed by atoms with Crippen molar-refractivity contribution in [1.82, 2.24) is 4.98 Å². The summed E-state index contributed by atoms with van der Waals surface area (Å²) in [5, 5.41) is 6.20. The molecule has 0 spiro atoms. The Morgan fingerprint density at radius 3 is 2.58 bits per heavy atom. The van der Waals surface area contributed by atoms with Crippen molar-refractivity contribution in [2.75, 3.05) is 10.6 Å². The number of carbonyl (C=O) groups excluding carboxylic acids is 1. The summed E-state index contributed by atoms with van der Waals surface area (Å²) in [4.78, 5) is 16.5. The van der Waals surface area contributed by atoms with Crippen molar-refractivity contribution in [2.45, 2.75) is 26.8 Å². The Morgan fingerprint density at radius 1 is 1.00 bits per heavy atom. The van der Waals surface area contributed by atoms with E-state index in [0.717, 1.165) is 23.4 Å². The number of rotatable bonds is 6. The first-order valence-electron chi connectivity index (χ1n) is 8.70. The summed E-state index contributed by atoms with van der Waals surface area (Å²) in [5.41, 5.74) is 5.58. The fraction of sp³-hybridized carbons (Fsp3) is 0.182. The van der Waals surface area contributed by atoms with Crippen LogP contribution in [0.4, 0.5) is 11.5 Å². The van der Waals surface area contributed by atoms with E-state index < -0.39 is 0 Å². The Kier molecular flexibility index (Phi) is 5.64. The minimum Gasteiger partial charge on any atom is -0.380 e. The van der Waals surface area contributed by atoms with E-state index in [2.05, 4.69) is 34.7 Å². The first-order chi connectivity index (χ1) is 12.6. The van der Waals surface area contributed by atoms with Crippen molar-refractivity contribution in [3.8, 4) is 0 Å². The molecule has 2 aromatic carbocycles. The highest BCUT2D eigenvalue weighted by atomic mass is 16.1. The average molecular weight is 345 g/mol. The smallest absolute Gasteiger partial charge is 0.229 e. The molecule has 3 aromatic rings. The molecule has 1 heterocycles. The van der Waals surface area contributed by atoms with E-state index in [4.69, 9.17) is 0 Å². The van der Waals surface area contributed by atoms with Crippen LogP contribution in [0.3, 0.4) is 0 Å². The molecule has 4 nitrogen and oxygen atoms in total. The molecule has 0 aliphatic heterocycles. The minimum absolute atomic E-state index is 0.0660. The molecule has 1 amide bonds. The number of amides is 1. The zero-order valence-electron chi connectivity index (χ0n) is 15.1. The topological polar surface area (TPSA) is 54.0 Å². The quantitative estimate of drug-likeness (QED) is 0.692. The Labute approximate surface area is 154 Å². The lowest BCUT2D eigenvalue weighted by Gasteiger charge is -2.10. The van der Waals surface area contributed by atoms with Crippen molar-refractivity contribution in [1.29, 1.82) is 0 Å². The lowest BCUT2D eigenvalue weighted by molar-refractivity contribution is -0.115. The monoisotopic (exact) mass is 345 g/mol. The molecule has 26 heavy (non-hydrogen) atoms. The number of nitrogens with zero attached hydrogens (tertiary/aromatic N) is 1. The maximum Gasteiger partial charge on any atom is 0.229 e. The molecule has 0 aliphatic rings. The highest BCUT2D eigenvalue weighted by Crippen LogP contribution is 2.14. The fourth-order valence-corrected chi connectivity index (χ4v) is 2.77. The van der Waals surface area contributed by atoms with E-state index >= 15 is 0 Å². The van der Waals surface area contributed by atoms with Gasteiger partial charge in [-0.2, -0.15) is 0 Å². The molecule has 0 aliphatic carbocycles. The largest absolute Gasteiger partial charge is 0.380 e. The van der Waals surface area contributed by atoms with Crippen LogP contribution in [0.2, 0.25) is 0 Å². The number of carbonyl (C=O) groups is 1. The Balaban J connectivity index is 1.54. The maximum atomic E-state index is 12.2. The molecule has 0 bridgehead atoms. The summed E-state index contributed by atoms with van der Waals surface area (Å²) in [6.07, 6.45) is 2.08. The number of benzene rings is 2. The third-order valence-electron chi connectivity index (χ3n) is 4.22. The Morgan fingerprint density at radius 2 is 1.85 bits per heavy atom. The van der Waals surface area contributed by atoms with Crippen LogP contribution in [0.15, 0.2) is 66.9 Å². The molecule has 1 aromatic heterocycles. The minimum atomic E-state index is -0.0660. The SMILES string of the molecule is Cc1cccc(CC(=O)Nc2ccc(NCc3ccccc3C)cn2)c1. The molecule has 0 unspecified atom stereocenters. The second-order valence-electron chi connectivity index (χ2n) is 6.43. The van der Waals surface area contributed by atoms with Gasteiger partial charge in [0.05, 0.1) is 18.3 Å². The lowest BCUT2D eigenvalue weighted by atomic mass is 10.1. The summed E-state index contributed by atoms with van der Waals surface area (Å²) in [6.45, 7) is 4.86. The third-order valence-corrected chi connectivity index (χ3v) is 4.22. The van der Waals surface area contributed by atoms with Gasteiger partial charge in [0.2, 0.25) is 5.91 Å². The van der Waals surface area contributed by atoms with E-state index in [1.165, 1.54) is 11.1 Å². The summed E-state index contributed by atoms with van der Waals surface area (Å²) in [6, 6.07) is 20.0. The molecular formula is C22H23N3O. The maximum absolute atomic E-state index is 12.2. The van der Waals surface area contributed by atoms with Gasteiger partial charge < -0.3 is 10.6 Å². The van der Waals surface area contributed by atoms with Crippen LogP contribution in [-0.4, -0.2) is 10.9 Å². The molecule has 132 valence electrons. The normalized spacial score (nSPS) is 10.4. The van der Waals surface area contributed by atoms with Gasteiger partial charge >= 0.3 is 0 Å². The second kappa shape index (κ2) is 8.30. The molecular weight excluding hydrogens is 322 g/mol. The standard InChI is InChI=1S/C22H23N3O/c1-16-6-5-8-18(12-16)13-22(26)25-21-11-10-20(15-24-21)23-14-19-9-4-3-7-17(19)2/h3-12,15,23H,13-14H2,1-2H3,(H,24,25,26). The molecule has 0 saturated carbocycles. The van der Waals surface area contributed by atoms with Crippen molar-refractivity contribution in [3.05, 3.63) is 89.1 Å². The van der Waals surface area contributed by atoms with E-state index in [0.29, 0.717) is 12.2 Å². The van der Waals surface area contributed by atoms with E-state index in [1.807, 2.05) is 55.5 Å². The summed E-state index contributed by atoms with van der Waals surface area (Å²) < 4.78 is 0. The first kappa shape index (κ1) is 17.7. The number of anilines is 2. The lowest BCUT2D eigenvalue weighted by Crippen LogP contribution is -2.15. The van der Waals surface area contributed by atoms with Crippen LogP contribution in [-0.2, 0) is 17.8 Å². The van der Waals surface area contributed by atoms with Crippen LogP contribution >= 0.6 is 0 Å². The van der Waals surface area contributed by atoms with E-state index in [9.17, 15) is 4.79 Å². The molecule has 0 saturated heterocycles. The average Bonchev–Trinajstić information content (AvgIpc) is 2.62. The molecule has 4 heteroatoms. The van der Waals surface area contributed by atoms with Crippen molar-refractivity contribution in [2.24, 2.45) is 0 Å². The van der Waals surface area contributed by atoms with Gasteiger partial charge in [-0.15, -0.1) is 0 Å². The number of hydrogen-bond acceptors (Lipinski definition) is 3. The predicted octanol–water partition coefficient (Wildman–Crippen LogP) is 4.49. The van der Waals surface area contributed by atoms with Gasteiger partial charge in [-0.25, -0.2) is 4.98 Å². The number of pyridine rings is 1. The molecule has 0 fully saturated rings. The van der Waals surface area contributed by atoms with E-state index in [1.54, 1.807) is 6.20 Å². The summed E-state index contributed by atoms with van der Waals surface area (Å²) >= 11 is 0. The van der Waals surface area contributed by atoms with Crippen molar-refractivity contribution >= 4 is 17.4 Å². The molecule has 0 atom stereocenters. The second-order valence-corrected chi connectivity index (χ2v) is 6.43. The van der Waals surface area contributed by atoms with Crippen LogP contribution < -0.4 is 10.6 Å². The predicted molar refractivity (Wildman–Crippen MR) is 106 cm³/mol. The Bertz CT molecular complexity index is 888.